The fourth-order valence-corrected chi connectivity index (χ4v) is 3.59. The summed E-state index contributed by atoms with van der Waals surface area (Å²) in [5.41, 5.74) is 0.0968. The molecule has 8 nitrogen and oxygen atoms in total. The first-order chi connectivity index (χ1) is 17.0. The van der Waals surface area contributed by atoms with Crippen LogP contribution >= 0.6 is 0 Å². The first-order valence-corrected chi connectivity index (χ1v) is 12.2. The van der Waals surface area contributed by atoms with Crippen LogP contribution in [0.2, 0.25) is 0 Å². The second-order valence-corrected chi connectivity index (χ2v) is 9.82. The minimum absolute atomic E-state index is 0.00147. The number of nitrogens with one attached hydrogen (secondary N) is 1. The third kappa shape index (κ3) is 6.24. The van der Waals surface area contributed by atoms with E-state index in [1.54, 1.807) is 48.5 Å². The summed E-state index contributed by atoms with van der Waals surface area (Å²) in [6.07, 6.45) is 1.61. The molecule has 3 aromatic rings. The molecule has 1 atom stereocenters. The Morgan fingerprint density at radius 1 is 1.00 bits per heavy atom. The number of ether oxygens (including phenoxy) is 1. The lowest BCUT2D eigenvalue weighted by Gasteiger charge is -2.18. The van der Waals surface area contributed by atoms with E-state index in [4.69, 9.17) is 4.74 Å². The number of fused-ring (bicyclic) bond motifs is 1. The Bertz CT molecular complexity index is 1320. The van der Waals surface area contributed by atoms with Gasteiger partial charge in [0.05, 0.1) is 5.39 Å². The SMILES string of the molecule is CCCCCn1nc(C(=O)OC(C)C(=O)c2ccc(NC(=O)C(C)(C)C)cc2)c2ccccc2c1=O. The molecule has 0 radical (unpaired) electrons. The molecule has 2 aromatic carbocycles. The number of esters is 1. The molecule has 1 N–H and O–H groups in total. The Hall–Kier alpha value is -3.81. The third-order valence-electron chi connectivity index (χ3n) is 5.80. The van der Waals surface area contributed by atoms with Gasteiger partial charge in [0.25, 0.3) is 5.56 Å². The molecule has 8 heteroatoms. The molecule has 0 aliphatic carbocycles. The molecule has 0 fully saturated rings. The van der Waals surface area contributed by atoms with E-state index in [0.29, 0.717) is 28.6 Å². The molecule has 3 rings (SSSR count). The number of amides is 1. The number of carbonyl (C=O) groups is 3. The number of hydrogen-bond acceptors (Lipinski definition) is 6. The highest BCUT2D eigenvalue weighted by Gasteiger charge is 2.25. The Kier molecular flexibility index (Phi) is 8.40. The van der Waals surface area contributed by atoms with Crippen molar-refractivity contribution in [2.45, 2.75) is 66.5 Å². The fourth-order valence-electron chi connectivity index (χ4n) is 3.59. The average molecular weight is 492 g/mol. The number of rotatable bonds is 9. The van der Waals surface area contributed by atoms with Crippen molar-refractivity contribution in [1.29, 1.82) is 0 Å². The van der Waals surface area contributed by atoms with Crippen molar-refractivity contribution < 1.29 is 19.1 Å². The maximum Gasteiger partial charge on any atom is 0.360 e. The van der Waals surface area contributed by atoms with Gasteiger partial charge in [-0.1, -0.05) is 58.7 Å². The zero-order valence-electron chi connectivity index (χ0n) is 21.5. The van der Waals surface area contributed by atoms with Gasteiger partial charge in [-0.05, 0) is 43.7 Å². The van der Waals surface area contributed by atoms with Crippen LogP contribution in [0.3, 0.4) is 0 Å². The molecular weight excluding hydrogens is 458 g/mol. The highest BCUT2D eigenvalue weighted by Crippen LogP contribution is 2.20. The number of benzene rings is 2. The highest BCUT2D eigenvalue weighted by atomic mass is 16.5. The lowest BCUT2D eigenvalue weighted by Crippen LogP contribution is -2.29. The van der Waals surface area contributed by atoms with Gasteiger partial charge < -0.3 is 10.1 Å². The smallest absolute Gasteiger partial charge is 0.360 e. The summed E-state index contributed by atoms with van der Waals surface area (Å²) in [6, 6.07) is 13.2. The molecule has 0 bridgehead atoms. The molecule has 1 heterocycles. The standard InChI is InChI=1S/C28H33N3O5/c1-6-7-10-17-31-25(33)22-12-9-8-11-21(22)23(30-31)26(34)36-18(2)24(32)19-13-15-20(16-14-19)29-27(35)28(3,4)5/h8-9,11-16,18H,6-7,10,17H2,1-5H3,(H,29,35). The van der Waals surface area contributed by atoms with Crippen molar-refractivity contribution in [3.05, 3.63) is 70.1 Å². The quantitative estimate of drug-likeness (QED) is 0.256. The van der Waals surface area contributed by atoms with Crippen molar-refractivity contribution >= 4 is 34.1 Å². The number of anilines is 1. The number of Topliss-reactive ketones (excluding diaryl/α,β-unsaturated/α-hetero) is 1. The second-order valence-electron chi connectivity index (χ2n) is 9.82. The minimum atomic E-state index is -1.08. The summed E-state index contributed by atoms with van der Waals surface area (Å²) in [7, 11) is 0. The number of carbonyl (C=O) groups excluding carboxylic acids is 3. The predicted molar refractivity (Wildman–Crippen MR) is 139 cm³/mol. The van der Waals surface area contributed by atoms with E-state index in [-0.39, 0.29) is 17.2 Å². The molecule has 0 saturated heterocycles. The lowest BCUT2D eigenvalue weighted by atomic mass is 9.95. The Balaban J connectivity index is 1.78. The first-order valence-electron chi connectivity index (χ1n) is 12.2. The molecule has 190 valence electrons. The number of ketones is 1. The van der Waals surface area contributed by atoms with Gasteiger partial charge in [-0.2, -0.15) is 5.10 Å². The molecule has 0 aliphatic rings. The molecule has 0 spiro atoms. The molecular formula is C28H33N3O5. The molecule has 1 unspecified atom stereocenters. The topological polar surface area (TPSA) is 107 Å². The van der Waals surface area contributed by atoms with Crippen LogP contribution in [0.15, 0.2) is 53.3 Å². The Morgan fingerprint density at radius 3 is 2.25 bits per heavy atom. The third-order valence-corrected chi connectivity index (χ3v) is 5.80. The zero-order valence-corrected chi connectivity index (χ0v) is 21.5. The van der Waals surface area contributed by atoms with Gasteiger partial charge in [-0.25, -0.2) is 9.48 Å². The average Bonchev–Trinajstić information content (AvgIpc) is 2.85. The Morgan fingerprint density at radius 2 is 1.64 bits per heavy atom. The first kappa shape index (κ1) is 26.8. The normalized spacial score (nSPS) is 12.2. The van der Waals surface area contributed by atoms with E-state index in [9.17, 15) is 19.2 Å². The van der Waals surface area contributed by atoms with E-state index >= 15 is 0 Å². The molecule has 0 saturated carbocycles. The lowest BCUT2D eigenvalue weighted by molar-refractivity contribution is -0.123. The largest absolute Gasteiger partial charge is 0.449 e. The minimum Gasteiger partial charge on any atom is -0.449 e. The van der Waals surface area contributed by atoms with E-state index in [2.05, 4.69) is 17.3 Å². The van der Waals surface area contributed by atoms with Crippen LogP contribution in [-0.2, 0) is 16.1 Å². The van der Waals surface area contributed by atoms with Crippen LogP contribution in [-0.4, -0.2) is 33.5 Å². The number of nitrogens with zero attached hydrogens (tertiary/aromatic N) is 2. The zero-order chi connectivity index (χ0) is 26.5. The second kappa shape index (κ2) is 11.3. The van der Waals surface area contributed by atoms with E-state index < -0.39 is 23.3 Å². The van der Waals surface area contributed by atoms with Crippen LogP contribution in [0.4, 0.5) is 5.69 Å². The van der Waals surface area contributed by atoms with E-state index in [0.717, 1.165) is 19.3 Å². The maximum atomic E-state index is 13.1. The summed E-state index contributed by atoms with van der Waals surface area (Å²) < 4.78 is 6.78. The van der Waals surface area contributed by atoms with Gasteiger partial charge in [-0.3, -0.25) is 14.4 Å². The van der Waals surface area contributed by atoms with Crippen molar-refractivity contribution in [3.63, 3.8) is 0 Å². The van der Waals surface area contributed by atoms with E-state index in [1.807, 2.05) is 20.8 Å². The van der Waals surface area contributed by atoms with Crippen LogP contribution in [0.5, 0.6) is 0 Å². The molecule has 1 aromatic heterocycles. The molecule has 1 amide bonds. The van der Waals surface area contributed by atoms with Crippen LogP contribution in [0.25, 0.3) is 10.8 Å². The number of hydrogen-bond donors (Lipinski definition) is 1. The van der Waals surface area contributed by atoms with Crippen LogP contribution < -0.4 is 10.9 Å². The summed E-state index contributed by atoms with van der Waals surface area (Å²) in [6.45, 7) is 9.38. The summed E-state index contributed by atoms with van der Waals surface area (Å²) in [5.74, 6) is -1.30. The van der Waals surface area contributed by atoms with Gasteiger partial charge >= 0.3 is 5.97 Å². The van der Waals surface area contributed by atoms with Gasteiger partial charge in [0.2, 0.25) is 11.7 Å². The summed E-state index contributed by atoms with van der Waals surface area (Å²) >= 11 is 0. The van der Waals surface area contributed by atoms with Gasteiger partial charge in [0.15, 0.2) is 11.8 Å². The van der Waals surface area contributed by atoms with Crippen molar-refractivity contribution in [3.8, 4) is 0 Å². The van der Waals surface area contributed by atoms with Gasteiger partial charge in [0.1, 0.15) is 0 Å². The molecule has 36 heavy (non-hydrogen) atoms. The maximum absolute atomic E-state index is 13.1. The monoisotopic (exact) mass is 491 g/mol. The van der Waals surface area contributed by atoms with Crippen molar-refractivity contribution in [2.75, 3.05) is 5.32 Å². The summed E-state index contributed by atoms with van der Waals surface area (Å²) in [5, 5.41) is 7.86. The number of aromatic nitrogens is 2. The van der Waals surface area contributed by atoms with Crippen LogP contribution in [0.1, 0.15) is 74.7 Å². The number of unbranched alkanes of at least 4 members (excludes halogenated alkanes) is 2. The predicted octanol–water partition coefficient (Wildman–Crippen LogP) is 5.00. The highest BCUT2D eigenvalue weighted by molar-refractivity contribution is 6.05. The van der Waals surface area contributed by atoms with Crippen molar-refractivity contribution in [1.82, 2.24) is 9.78 Å². The van der Waals surface area contributed by atoms with Gasteiger partial charge in [-0.15, -0.1) is 0 Å². The number of aryl methyl sites for hydroxylation is 1. The van der Waals surface area contributed by atoms with Crippen LogP contribution in [0, 0.1) is 5.41 Å². The fraction of sp³-hybridized carbons (Fsp3) is 0.393. The van der Waals surface area contributed by atoms with Gasteiger partial charge in [0, 0.05) is 28.6 Å². The molecule has 0 aliphatic heterocycles. The summed E-state index contributed by atoms with van der Waals surface area (Å²) in [4.78, 5) is 51.0. The van der Waals surface area contributed by atoms with Crippen molar-refractivity contribution in [2.24, 2.45) is 5.41 Å². The van der Waals surface area contributed by atoms with E-state index in [1.165, 1.54) is 11.6 Å². The Labute approximate surface area is 210 Å².